The molecular weight excluding hydrogens is 489 g/mol. The zero-order valence-corrected chi connectivity index (χ0v) is 17.6. The minimum Gasteiger partial charge on any atom is -0.367 e. The maximum absolute atomic E-state index is 13.6. The number of guanidine groups is 1. The molecule has 2 rings (SSSR count). The van der Waals surface area contributed by atoms with Gasteiger partial charge in [-0.2, -0.15) is 13.2 Å². The van der Waals surface area contributed by atoms with Crippen molar-refractivity contribution in [2.24, 2.45) is 4.99 Å². The van der Waals surface area contributed by atoms with Crippen LogP contribution in [-0.4, -0.2) is 25.8 Å². The molecule has 0 aliphatic carbocycles. The Morgan fingerprint density at radius 2 is 1.68 bits per heavy atom. The summed E-state index contributed by atoms with van der Waals surface area (Å²) < 4.78 is 54.7. The van der Waals surface area contributed by atoms with Crippen LogP contribution in [0.4, 0.5) is 17.6 Å². The van der Waals surface area contributed by atoms with Crippen molar-refractivity contribution >= 4 is 29.9 Å². The van der Waals surface area contributed by atoms with E-state index in [1.54, 1.807) is 43.4 Å². The Morgan fingerprint density at radius 1 is 1.00 bits per heavy atom. The molecule has 0 aliphatic heterocycles. The van der Waals surface area contributed by atoms with Crippen molar-refractivity contribution in [3.05, 3.63) is 71.0 Å². The van der Waals surface area contributed by atoms with Crippen molar-refractivity contribution in [3.63, 3.8) is 0 Å². The van der Waals surface area contributed by atoms with Crippen LogP contribution >= 0.6 is 24.0 Å². The van der Waals surface area contributed by atoms with Crippen molar-refractivity contribution in [1.82, 2.24) is 10.6 Å². The monoisotopic (exact) mass is 511 g/mol. The number of hydrogen-bond acceptors (Lipinski definition) is 2. The van der Waals surface area contributed by atoms with Gasteiger partial charge in [-0.25, -0.2) is 4.39 Å². The average molecular weight is 511 g/mol. The Labute approximate surface area is 178 Å². The molecule has 2 aromatic carbocycles. The highest BCUT2D eigenvalue weighted by Crippen LogP contribution is 2.16. The summed E-state index contributed by atoms with van der Waals surface area (Å²) in [6, 6.07) is 13.5. The van der Waals surface area contributed by atoms with Gasteiger partial charge < -0.3 is 15.4 Å². The molecule has 0 fully saturated rings. The molecule has 154 valence electrons. The number of hydrogen-bond donors (Lipinski definition) is 2. The summed E-state index contributed by atoms with van der Waals surface area (Å²) in [5.41, 5.74) is 2.02. The molecule has 0 saturated carbocycles. The molecule has 0 bridgehead atoms. The maximum atomic E-state index is 13.6. The number of alkyl halides is 3. The number of benzene rings is 2. The number of rotatable bonds is 7. The van der Waals surface area contributed by atoms with E-state index in [9.17, 15) is 17.6 Å². The summed E-state index contributed by atoms with van der Waals surface area (Å²) in [5.74, 6) is 0.184. The second-order valence-electron chi connectivity index (χ2n) is 5.80. The van der Waals surface area contributed by atoms with Gasteiger partial charge in [0, 0.05) is 25.7 Å². The minimum atomic E-state index is -4.34. The first-order chi connectivity index (χ1) is 12.9. The van der Waals surface area contributed by atoms with E-state index in [1.807, 2.05) is 6.07 Å². The first-order valence-corrected chi connectivity index (χ1v) is 8.27. The summed E-state index contributed by atoms with van der Waals surface area (Å²) in [5, 5.41) is 6.09. The first kappa shape index (κ1) is 24.2. The van der Waals surface area contributed by atoms with Crippen LogP contribution in [0.5, 0.6) is 0 Å². The third-order valence-corrected chi connectivity index (χ3v) is 3.61. The Morgan fingerprint density at radius 3 is 2.36 bits per heavy atom. The molecule has 0 atom stereocenters. The van der Waals surface area contributed by atoms with Gasteiger partial charge in [0.15, 0.2) is 5.96 Å². The molecule has 2 N–H and O–H groups in total. The smallest absolute Gasteiger partial charge is 0.367 e. The van der Waals surface area contributed by atoms with Crippen molar-refractivity contribution in [2.75, 3.05) is 13.7 Å². The fourth-order valence-electron chi connectivity index (χ4n) is 2.34. The van der Waals surface area contributed by atoms with Gasteiger partial charge in [-0.05, 0) is 17.2 Å². The molecule has 0 unspecified atom stereocenters. The molecule has 0 amide bonds. The highest BCUT2D eigenvalue weighted by Gasteiger charge is 2.27. The lowest BCUT2D eigenvalue weighted by atomic mass is 10.1. The highest BCUT2D eigenvalue weighted by atomic mass is 127. The van der Waals surface area contributed by atoms with Crippen LogP contribution in [-0.2, 0) is 24.4 Å². The van der Waals surface area contributed by atoms with Crippen molar-refractivity contribution < 1.29 is 22.3 Å². The van der Waals surface area contributed by atoms with Gasteiger partial charge in [-0.3, -0.25) is 4.99 Å². The van der Waals surface area contributed by atoms with Crippen LogP contribution in [0.15, 0.2) is 53.5 Å². The number of ether oxygens (including phenoxy) is 1. The van der Waals surface area contributed by atoms with E-state index in [0.717, 1.165) is 5.56 Å². The molecule has 0 spiro atoms. The van der Waals surface area contributed by atoms with Crippen LogP contribution in [0.25, 0.3) is 0 Å². The van der Waals surface area contributed by atoms with Gasteiger partial charge in [0.05, 0.1) is 6.61 Å². The lowest BCUT2D eigenvalue weighted by Gasteiger charge is -2.13. The van der Waals surface area contributed by atoms with E-state index in [4.69, 9.17) is 0 Å². The zero-order valence-electron chi connectivity index (χ0n) is 15.2. The largest absolute Gasteiger partial charge is 0.411 e. The van der Waals surface area contributed by atoms with Crippen LogP contribution in [0, 0.1) is 5.82 Å². The maximum Gasteiger partial charge on any atom is 0.411 e. The summed E-state index contributed by atoms with van der Waals surface area (Å²) >= 11 is 0. The van der Waals surface area contributed by atoms with Crippen LogP contribution in [0.2, 0.25) is 0 Å². The number of nitrogens with zero attached hydrogens (tertiary/aromatic N) is 1. The fourth-order valence-corrected chi connectivity index (χ4v) is 2.34. The molecule has 0 radical (unpaired) electrons. The Bertz CT molecular complexity index is 769. The summed E-state index contributed by atoms with van der Waals surface area (Å²) in [6.07, 6.45) is -4.34. The molecular formula is C19H22F4IN3O. The predicted molar refractivity (Wildman–Crippen MR) is 111 cm³/mol. The second-order valence-corrected chi connectivity index (χ2v) is 5.80. The van der Waals surface area contributed by atoms with Crippen LogP contribution in [0.3, 0.4) is 0 Å². The van der Waals surface area contributed by atoms with Crippen molar-refractivity contribution in [3.8, 4) is 0 Å². The van der Waals surface area contributed by atoms with Gasteiger partial charge in [0.1, 0.15) is 12.4 Å². The van der Waals surface area contributed by atoms with Crippen molar-refractivity contribution in [1.29, 1.82) is 0 Å². The molecule has 0 heterocycles. The molecule has 0 saturated heterocycles. The summed E-state index contributed by atoms with van der Waals surface area (Å²) in [4.78, 5) is 4.07. The zero-order chi connectivity index (χ0) is 19.7. The van der Waals surface area contributed by atoms with Crippen LogP contribution in [0.1, 0.15) is 16.7 Å². The molecule has 2 aromatic rings. The van der Waals surface area contributed by atoms with E-state index >= 15 is 0 Å². The van der Waals surface area contributed by atoms with Gasteiger partial charge in [0.2, 0.25) is 0 Å². The molecule has 4 nitrogen and oxygen atoms in total. The normalized spacial score (nSPS) is 11.7. The number of halogens is 5. The third-order valence-electron chi connectivity index (χ3n) is 3.61. The Hall–Kier alpha value is -1.88. The predicted octanol–water partition coefficient (Wildman–Crippen LogP) is 4.39. The quantitative estimate of drug-likeness (QED) is 0.251. The van der Waals surface area contributed by atoms with Gasteiger partial charge in [0.25, 0.3) is 0 Å². The number of aliphatic imine (C=N–C) groups is 1. The molecule has 0 aromatic heterocycles. The van der Waals surface area contributed by atoms with Gasteiger partial charge in [-0.1, -0.05) is 42.5 Å². The summed E-state index contributed by atoms with van der Waals surface area (Å²) in [7, 11) is 1.60. The Kier molecular flexibility index (Phi) is 10.2. The number of nitrogens with one attached hydrogen (secondary N) is 2. The van der Waals surface area contributed by atoms with E-state index in [-0.39, 0.29) is 42.9 Å². The topological polar surface area (TPSA) is 45.7 Å². The second kappa shape index (κ2) is 11.8. The average Bonchev–Trinajstić information content (AvgIpc) is 2.62. The van der Waals surface area contributed by atoms with Gasteiger partial charge >= 0.3 is 6.18 Å². The van der Waals surface area contributed by atoms with Crippen LogP contribution < -0.4 is 10.6 Å². The minimum absolute atomic E-state index is 0. The molecule has 0 aliphatic rings. The molecule has 9 heteroatoms. The fraction of sp³-hybridized carbons (Fsp3) is 0.316. The van der Waals surface area contributed by atoms with E-state index < -0.39 is 12.8 Å². The lowest BCUT2D eigenvalue weighted by Crippen LogP contribution is -2.36. The van der Waals surface area contributed by atoms with E-state index in [1.165, 1.54) is 6.07 Å². The van der Waals surface area contributed by atoms with Crippen molar-refractivity contribution in [2.45, 2.75) is 25.9 Å². The Balaban J connectivity index is 0.00000392. The highest BCUT2D eigenvalue weighted by molar-refractivity contribution is 14.0. The third kappa shape index (κ3) is 8.87. The summed E-state index contributed by atoms with van der Waals surface area (Å²) in [6.45, 7) is -0.711. The SMILES string of the molecule is CN=C(NCc1cccc(COCC(F)(F)F)c1)NCc1ccccc1F.I. The van der Waals surface area contributed by atoms with Gasteiger partial charge in [-0.15, -0.1) is 24.0 Å². The molecule has 28 heavy (non-hydrogen) atoms. The first-order valence-electron chi connectivity index (χ1n) is 8.27. The standard InChI is InChI=1S/C19H21F4N3O.HI/c1-24-18(26-11-16-7-2-3-8-17(16)20)25-10-14-5-4-6-15(9-14)12-27-13-19(21,22)23;/h2-9H,10-13H2,1H3,(H2,24,25,26);1H. The van der Waals surface area contributed by atoms with E-state index in [0.29, 0.717) is 23.6 Å². The lowest BCUT2D eigenvalue weighted by molar-refractivity contribution is -0.176. The van der Waals surface area contributed by atoms with E-state index in [2.05, 4.69) is 20.4 Å².